The van der Waals surface area contributed by atoms with E-state index >= 15 is 0 Å². The van der Waals surface area contributed by atoms with Gasteiger partial charge < -0.3 is 9.84 Å². The van der Waals surface area contributed by atoms with Crippen molar-refractivity contribution < 1.29 is 4.42 Å². The van der Waals surface area contributed by atoms with Crippen molar-refractivity contribution in [2.75, 3.05) is 0 Å². The molecule has 0 aliphatic rings. The van der Waals surface area contributed by atoms with Crippen LogP contribution >= 0.6 is 23.2 Å². The van der Waals surface area contributed by atoms with Gasteiger partial charge in [-0.3, -0.25) is 0 Å². The summed E-state index contributed by atoms with van der Waals surface area (Å²) >= 11 is 12.1. The average molecular weight is 345 g/mol. The van der Waals surface area contributed by atoms with Crippen molar-refractivity contribution in [1.82, 2.24) is 5.43 Å². The second-order valence-corrected chi connectivity index (χ2v) is 5.75. The number of rotatable bonds is 5. The largest absolute Gasteiger partial charge is 0.455 e. The van der Waals surface area contributed by atoms with Crippen LogP contribution in [0.25, 0.3) is 11.3 Å². The molecule has 1 heterocycles. The van der Waals surface area contributed by atoms with Gasteiger partial charge in [-0.15, -0.1) is 0 Å². The molecule has 3 rings (SSSR count). The lowest BCUT2D eigenvalue weighted by Crippen LogP contribution is -2.04. The van der Waals surface area contributed by atoms with Crippen LogP contribution in [-0.2, 0) is 6.54 Å². The molecule has 116 valence electrons. The van der Waals surface area contributed by atoms with Crippen molar-refractivity contribution in [3.05, 3.63) is 82.0 Å². The number of hydrogen-bond donors (Lipinski definition) is 1. The van der Waals surface area contributed by atoms with Crippen LogP contribution in [0.15, 0.2) is 70.2 Å². The van der Waals surface area contributed by atoms with Crippen LogP contribution in [0, 0.1) is 0 Å². The molecule has 3 aromatic rings. The van der Waals surface area contributed by atoms with E-state index in [9.17, 15) is 0 Å². The Morgan fingerprint density at radius 2 is 1.83 bits per heavy atom. The monoisotopic (exact) mass is 344 g/mol. The van der Waals surface area contributed by atoms with Crippen molar-refractivity contribution in [2.24, 2.45) is 5.10 Å². The molecule has 0 spiro atoms. The highest BCUT2D eigenvalue weighted by molar-refractivity contribution is 6.36. The van der Waals surface area contributed by atoms with E-state index in [2.05, 4.69) is 10.5 Å². The van der Waals surface area contributed by atoms with Gasteiger partial charge in [0, 0.05) is 10.6 Å². The predicted octanol–water partition coefficient (Wildman–Crippen LogP) is 5.38. The second-order valence-electron chi connectivity index (χ2n) is 4.90. The first-order chi connectivity index (χ1) is 11.2. The topological polar surface area (TPSA) is 37.5 Å². The quantitative estimate of drug-likeness (QED) is 0.498. The van der Waals surface area contributed by atoms with Crippen molar-refractivity contribution >= 4 is 29.4 Å². The van der Waals surface area contributed by atoms with Gasteiger partial charge in [0.1, 0.15) is 11.5 Å². The molecule has 0 atom stereocenters. The first kappa shape index (κ1) is 15.7. The van der Waals surface area contributed by atoms with Gasteiger partial charge in [-0.25, -0.2) is 0 Å². The maximum absolute atomic E-state index is 6.18. The van der Waals surface area contributed by atoms with E-state index in [4.69, 9.17) is 27.6 Å². The van der Waals surface area contributed by atoms with Crippen molar-refractivity contribution in [1.29, 1.82) is 0 Å². The molecule has 0 amide bonds. The standard InChI is InChI=1S/C18H14Cl2N2O/c19-14-6-8-16(17(20)10-14)18-9-7-15(23-18)12-22-21-11-13-4-2-1-3-5-13/h1-10,12,21H,11H2. The number of halogens is 2. The number of hydrogen-bond acceptors (Lipinski definition) is 3. The van der Waals surface area contributed by atoms with Gasteiger partial charge in [-0.1, -0.05) is 53.5 Å². The minimum atomic E-state index is 0.553. The first-order valence-electron chi connectivity index (χ1n) is 7.07. The number of nitrogens with zero attached hydrogens (tertiary/aromatic N) is 1. The van der Waals surface area contributed by atoms with Crippen LogP contribution in [0.3, 0.4) is 0 Å². The fourth-order valence-corrected chi connectivity index (χ4v) is 2.60. The zero-order valence-electron chi connectivity index (χ0n) is 12.2. The molecular weight excluding hydrogens is 331 g/mol. The van der Waals surface area contributed by atoms with Gasteiger partial charge in [0.25, 0.3) is 0 Å². The molecular formula is C18H14Cl2N2O. The number of furan rings is 1. The summed E-state index contributed by atoms with van der Waals surface area (Å²) in [5.41, 5.74) is 4.95. The minimum absolute atomic E-state index is 0.553. The second kappa shape index (κ2) is 7.36. The molecule has 0 aliphatic heterocycles. The number of hydrazone groups is 1. The molecule has 5 heteroatoms. The SMILES string of the molecule is Clc1ccc(-c2ccc(C=NNCc3ccccc3)o2)c(Cl)c1. The van der Waals surface area contributed by atoms with E-state index in [-0.39, 0.29) is 0 Å². The summed E-state index contributed by atoms with van der Waals surface area (Å²) in [4.78, 5) is 0. The van der Waals surface area contributed by atoms with E-state index in [1.54, 1.807) is 18.3 Å². The van der Waals surface area contributed by atoms with Crippen molar-refractivity contribution in [3.63, 3.8) is 0 Å². The molecule has 0 saturated carbocycles. The predicted molar refractivity (Wildman–Crippen MR) is 95.0 cm³/mol. The van der Waals surface area contributed by atoms with E-state index < -0.39 is 0 Å². The van der Waals surface area contributed by atoms with Gasteiger partial charge in [0.2, 0.25) is 0 Å². The van der Waals surface area contributed by atoms with Gasteiger partial charge in [0.15, 0.2) is 0 Å². The number of nitrogens with one attached hydrogen (secondary N) is 1. The molecule has 0 fully saturated rings. The lowest BCUT2D eigenvalue weighted by Gasteiger charge is -2.01. The van der Waals surface area contributed by atoms with E-state index in [0.717, 1.165) is 11.1 Å². The van der Waals surface area contributed by atoms with Crippen LogP contribution in [0.1, 0.15) is 11.3 Å². The Bertz CT molecular complexity index is 813. The third kappa shape index (κ3) is 4.15. The Kier molecular flexibility index (Phi) is 5.01. The molecule has 0 bridgehead atoms. The van der Waals surface area contributed by atoms with Crippen molar-refractivity contribution in [2.45, 2.75) is 6.54 Å². The normalized spacial score (nSPS) is 11.0. The van der Waals surface area contributed by atoms with Crippen LogP contribution in [0.5, 0.6) is 0 Å². The summed E-state index contributed by atoms with van der Waals surface area (Å²) in [6.07, 6.45) is 1.64. The summed E-state index contributed by atoms with van der Waals surface area (Å²) in [5, 5.41) is 5.31. The van der Waals surface area contributed by atoms with Gasteiger partial charge in [0.05, 0.1) is 17.8 Å². The zero-order valence-corrected chi connectivity index (χ0v) is 13.7. The zero-order chi connectivity index (χ0) is 16.1. The van der Waals surface area contributed by atoms with E-state index in [0.29, 0.717) is 28.1 Å². The van der Waals surface area contributed by atoms with Crippen LogP contribution in [-0.4, -0.2) is 6.21 Å². The maximum atomic E-state index is 6.18. The Balaban J connectivity index is 1.64. The van der Waals surface area contributed by atoms with Crippen LogP contribution < -0.4 is 5.43 Å². The average Bonchev–Trinajstić information content (AvgIpc) is 3.01. The minimum Gasteiger partial charge on any atom is -0.455 e. The Morgan fingerprint density at radius 1 is 1.00 bits per heavy atom. The highest BCUT2D eigenvalue weighted by Gasteiger charge is 2.08. The molecule has 0 saturated heterocycles. The van der Waals surface area contributed by atoms with Gasteiger partial charge in [-0.05, 0) is 35.9 Å². The molecule has 23 heavy (non-hydrogen) atoms. The van der Waals surface area contributed by atoms with E-state index in [1.165, 1.54) is 0 Å². The maximum Gasteiger partial charge on any atom is 0.147 e. The molecule has 1 aromatic heterocycles. The Labute approximate surface area is 144 Å². The summed E-state index contributed by atoms with van der Waals surface area (Å²) in [5.74, 6) is 1.32. The highest BCUT2D eigenvalue weighted by atomic mass is 35.5. The fraction of sp³-hybridized carbons (Fsp3) is 0.0556. The van der Waals surface area contributed by atoms with Crippen molar-refractivity contribution in [3.8, 4) is 11.3 Å². The third-order valence-electron chi connectivity index (χ3n) is 3.23. The molecule has 2 aromatic carbocycles. The van der Waals surface area contributed by atoms with Gasteiger partial charge >= 0.3 is 0 Å². The lowest BCUT2D eigenvalue weighted by molar-refractivity contribution is 0.573. The van der Waals surface area contributed by atoms with Gasteiger partial charge in [-0.2, -0.15) is 5.10 Å². The molecule has 0 unspecified atom stereocenters. The first-order valence-corrected chi connectivity index (χ1v) is 7.83. The number of benzene rings is 2. The lowest BCUT2D eigenvalue weighted by atomic mass is 10.2. The Hall–Kier alpha value is -2.23. The fourth-order valence-electron chi connectivity index (χ4n) is 2.10. The van der Waals surface area contributed by atoms with E-state index in [1.807, 2.05) is 48.5 Å². The molecule has 1 N–H and O–H groups in total. The third-order valence-corrected chi connectivity index (χ3v) is 3.78. The summed E-state index contributed by atoms with van der Waals surface area (Å²) < 4.78 is 5.73. The molecule has 0 radical (unpaired) electrons. The highest BCUT2D eigenvalue weighted by Crippen LogP contribution is 2.31. The summed E-state index contributed by atoms with van der Waals surface area (Å²) in [7, 11) is 0. The summed E-state index contributed by atoms with van der Waals surface area (Å²) in [6.45, 7) is 0.661. The summed E-state index contributed by atoms with van der Waals surface area (Å²) in [6, 6.07) is 19.0. The molecule has 3 nitrogen and oxygen atoms in total. The van der Waals surface area contributed by atoms with Crippen LogP contribution in [0.4, 0.5) is 0 Å². The molecule has 0 aliphatic carbocycles. The van der Waals surface area contributed by atoms with Crippen LogP contribution in [0.2, 0.25) is 10.0 Å². The Morgan fingerprint density at radius 3 is 2.61 bits per heavy atom. The smallest absolute Gasteiger partial charge is 0.147 e.